The summed E-state index contributed by atoms with van der Waals surface area (Å²) in [5, 5.41) is 2.50. The lowest BCUT2D eigenvalue weighted by molar-refractivity contribution is 0.0934. The molecule has 0 aliphatic heterocycles. The second-order valence-electron chi connectivity index (χ2n) is 4.58. The van der Waals surface area contributed by atoms with Crippen LogP contribution in [0.4, 0.5) is 14.9 Å². The van der Waals surface area contributed by atoms with Gasteiger partial charge in [-0.3, -0.25) is 10.2 Å². The van der Waals surface area contributed by atoms with Gasteiger partial charge in [0, 0.05) is 6.07 Å². The van der Waals surface area contributed by atoms with Crippen molar-refractivity contribution in [2.24, 2.45) is 0 Å². The van der Waals surface area contributed by atoms with Gasteiger partial charge in [0.15, 0.2) is 0 Å². The maximum Gasteiger partial charge on any atom is 0.338 e. The van der Waals surface area contributed by atoms with E-state index >= 15 is 0 Å². The molecule has 2 rings (SSSR count). The first-order valence-electron chi connectivity index (χ1n) is 6.89. The maximum atomic E-state index is 13.8. The van der Waals surface area contributed by atoms with E-state index in [-0.39, 0.29) is 11.3 Å². The number of amides is 3. The van der Waals surface area contributed by atoms with Crippen LogP contribution in [-0.4, -0.2) is 26.2 Å². The van der Waals surface area contributed by atoms with E-state index in [1.54, 1.807) is 24.3 Å². The summed E-state index contributed by atoms with van der Waals surface area (Å²) in [6.45, 7) is 0. The van der Waals surface area contributed by atoms with E-state index in [0.717, 1.165) is 6.07 Å². The SMILES string of the molecule is COc1ccc(C(=O)NNC(=O)Nc2ccccc2OC)c(F)c1. The fraction of sp³-hybridized carbons (Fsp3) is 0.125. The molecule has 0 spiro atoms. The second-order valence-corrected chi connectivity index (χ2v) is 4.58. The fourth-order valence-electron chi connectivity index (χ4n) is 1.89. The summed E-state index contributed by atoms with van der Waals surface area (Å²) < 4.78 is 23.7. The molecule has 8 heteroatoms. The van der Waals surface area contributed by atoms with Gasteiger partial charge in [-0.2, -0.15) is 0 Å². The predicted molar refractivity (Wildman–Crippen MR) is 85.6 cm³/mol. The number of hydrazine groups is 1. The molecule has 0 aliphatic rings. The number of benzene rings is 2. The van der Waals surface area contributed by atoms with Crippen molar-refractivity contribution in [2.75, 3.05) is 19.5 Å². The highest BCUT2D eigenvalue weighted by Gasteiger charge is 2.14. The molecule has 24 heavy (non-hydrogen) atoms. The van der Waals surface area contributed by atoms with E-state index < -0.39 is 17.8 Å². The van der Waals surface area contributed by atoms with E-state index in [1.807, 2.05) is 0 Å². The van der Waals surface area contributed by atoms with E-state index in [1.165, 1.54) is 26.4 Å². The number of urea groups is 1. The van der Waals surface area contributed by atoms with Crippen LogP contribution in [0.25, 0.3) is 0 Å². The summed E-state index contributed by atoms with van der Waals surface area (Å²) in [6.07, 6.45) is 0. The number of methoxy groups -OCH3 is 2. The zero-order valence-corrected chi connectivity index (χ0v) is 13.1. The van der Waals surface area contributed by atoms with Crippen LogP contribution in [0.5, 0.6) is 11.5 Å². The lowest BCUT2D eigenvalue weighted by Gasteiger charge is -2.12. The molecule has 0 saturated carbocycles. The molecule has 3 N–H and O–H groups in total. The van der Waals surface area contributed by atoms with Gasteiger partial charge < -0.3 is 14.8 Å². The van der Waals surface area contributed by atoms with Gasteiger partial charge in [0.2, 0.25) is 0 Å². The van der Waals surface area contributed by atoms with E-state index in [4.69, 9.17) is 9.47 Å². The molecule has 2 aromatic rings. The van der Waals surface area contributed by atoms with Crippen LogP contribution in [0, 0.1) is 5.82 Å². The Balaban J connectivity index is 1.95. The molecule has 0 bridgehead atoms. The molecule has 0 aliphatic carbocycles. The Labute approximate surface area is 137 Å². The van der Waals surface area contributed by atoms with Gasteiger partial charge in [0.25, 0.3) is 5.91 Å². The Morgan fingerprint density at radius 3 is 2.42 bits per heavy atom. The number of hydrogen-bond donors (Lipinski definition) is 3. The first kappa shape index (κ1) is 17.1. The first-order valence-corrected chi connectivity index (χ1v) is 6.89. The summed E-state index contributed by atoms with van der Waals surface area (Å²) in [5.41, 5.74) is 4.44. The number of carbonyl (C=O) groups excluding carboxylic acids is 2. The van der Waals surface area contributed by atoms with Gasteiger partial charge >= 0.3 is 6.03 Å². The molecular weight excluding hydrogens is 317 g/mol. The highest BCUT2D eigenvalue weighted by molar-refractivity contribution is 5.97. The Morgan fingerprint density at radius 1 is 1.00 bits per heavy atom. The molecule has 3 amide bonds. The average molecular weight is 333 g/mol. The largest absolute Gasteiger partial charge is 0.497 e. The predicted octanol–water partition coefficient (Wildman–Crippen LogP) is 2.31. The van der Waals surface area contributed by atoms with Crippen LogP contribution in [0.15, 0.2) is 42.5 Å². The van der Waals surface area contributed by atoms with E-state index in [0.29, 0.717) is 11.4 Å². The van der Waals surface area contributed by atoms with Crippen molar-refractivity contribution in [1.82, 2.24) is 10.9 Å². The minimum absolute atomic E-state index is 0.228. The van der Waals surface area contributed by atoms with Gasteiger partial charge in [-0.05, 0) is 24.3 Å². The molecule has 0 atom stereocenters. The topological polar surface area (TPSA) is 88.7 Å². The Kier molecular flexibility index (Phi) is 5.56. The van der Waals surface area contributed by atoms with E-state index in [9.17, 15) is 14.0 Å². The molecule has 126 valence electrons. The lowest BCUT2D eigenvalue weighted by Crippen LogP contribution is -2.44. The number of rotatable bonds is 4. The minimum atomic E-state index is -0.801. The van der Waals surface area contributed by atoms with Crippen molar-refractivity contribution in [3.8, 4) is 11.5 Å². The minimum Gasteiger partial charge on any atom is -0.497 e. The fourth-order valence-corrected chi connectivity index (χ4v) is 1.89. The summed E-state index contributed by atoms with van der Waals surface area (Å²) in [6, 6.07) is 9.81. The molecule has 0 aromatic heterocycles. The van der Waals surface area contributed by atoms with Crippen molar-refractivity contribution < 1.29 is 23.5 Å². The second kappa shape index (κ2) is 7.82. The van der Waals surface area contributed by atoms with Gasteiger partial charge in [0.05, 0.1) is 25.5 Å². The zero-order valence-electron chi connectivity index (χ0n) is 13.1. The molecule has 2 aromatic carbocycles. The number of nitrogens with one attached hydrogen (secondary N) is 3. The standard InChI is InChI=1S/C16H16FN3O4/c1-23-10-7-8-11(12(17)9-10)15(21)19-20-16(22)18-13-5-3-4-6-14(13)24-2/h3-9H,1-2H3,(H,19,21)(H2,18,20,22). The third kappa shape index (κ3) is 4.13. The van der Waals surface area contributed by atoms with Gasteiger partial charge in [-0.15, -0.1) is 0 Å². The summed E-state index contributed by atoms with van der Waals surface area (Å²) in [7, 11) is 2.85. The molecule has 0 heterocycles. The van der Waals surface area contributed by atoms with Crippen molar-refractivity contribution in [1.29, 1.82) is 0 Å². The monoisotopic (exact) mass is 333 g/mol. The van der Waals surface area contributed by atoms with Crippen molar-refractivity contribution in [2.45, 2.75) is 0 Å². The quantitative estimate of drug-likeness (QED) is 0.749. The van der Waals surface area contributed by atoms with E-state index in [2.05, 4.69) is 16.2 Å². The number of para-hydroxylation sites is 2. The molecule has 0 unspecified atom stereocenters. The van der Waals surface area contributed by atoms with Crippen LogP contribution in [-0.2, 0) is 0 Å². The van der Waals surface area contributed by atoms with Crippen LogP contribution in [0.2, 0.25) is 0 Å². The molecule has 0 saturated heterocycles. The van der Waals surface area contributed by atoms with Crippen LogP contribution in [0.3, 0.4) is 0 Å². The average Bonchev–Trinajstić information content (AvgIpc) is 2.60. The zero-order chi connectivity index (χ0) is 17.5. The number of carbonyl (C=O) groups is 2. The van der Waals surface area contributed by atoms with Gasteiger partial charge in [-0.1, -0.05) is 12.1 Å². The van der Waals surface area contributed by atoms with Crippen LogP contribution < -0.4 is 25.6 Å². The molecule has 0 radical (unpaired) electrons. The third-order valence-electron chi connectivity index (χ3n) is 3.07. The first-order chi connectivity index (χ1) is 11.5. The van der Waals surface area contributed by atoms with Crippen molar-refractivity contribution in [3.05, 3.63) is 53.8 Å². The number of anilines is 1. The number of halogens is 1. The maximum absolute atomic E-state index is 13.8. The Hall–Kier alpha value is -3.29. The third-order valence-corrected chi connectivity index (χ3v) is 3.07. The number of ether oxygens (including phenoxy) is 2. The summed E-state index contributed by atoms with van der Waals surface area (Å²) >= 11 is 0. The van der Waals surface area contributed by atoms with Crippen LogP contribution >= 0.6 is 0 Å². The molecular formula is C16H16FN3O4. The smallest absolute Gasteiger partial charge is 0.338 e. The summed E-state index contributed by atoms with van der Waals surface area (Å²) in [4.78, 5) is 23.7. The lowest BCUT2D eigenvalue weighted by atomic mass is 10.2. The van der Waals surface area contributed by atoms with Gasteiger partial charge in [0.1, 0.15) is 17.3 Å². The van der Waals surface area contributed by atoms with Crippen molar-refractivity contribution in [3.63, 3.8) is 0 Å². The molecule has 7 nitrogen and oxygen atoms in total. The molecule has 0 fully saturated rings. The highest BCUT2D eigenvalue weighted by Crippen LogP contribution is 2.22. The van der Waals surface area contributed by atoms with Crippen molar-refractivity contribution >= 4 is 17.6 Å². The summed E-state index contributed by atoms with van der Waals surface area (Å²) in [5.74, 6) is -0.824. The highest BCUT2D eigenvalue weighted by atomic mass is 19.1. The van der Waals surface area contributed by atoms with Crippen LogP contribution in [0.1, 0.15) is 10.4 Å². The Bertz CT molecular complexity index is 752. The number of hydrogen-bond acceptors (Lipinski definition) is 4. The Morgan fingerprint density at radius 2 is 1.75 bits per heavy atom. The van der Waals surface area contributed by atoms with Gasteiger partial charge in [-0.25, -0.2) is 14.6 Å². The normalized spacial score (nSPS) is 9.79.